The standard InChI is InChI=1S/C34H57N3O9/c1-7-13-19-25(18-12-6)33(40)45-28-26(22-43-31(38)23(14-8-2)15-9-3)44-30(37-21-20-27(36-42)35-34(37)41)29(28)46-32(39)24(16-10-4)17-11-5/h20-21,23-26,28-30,42H,7-19,22H2,1-6H3,(H,35,36,41)/t25?,26-,28-,29-,30-/m1/s1. The van der Waals surface area contributed by atoms with Gasteiger partial charge in [-0.2, -0.15) is 4.98 Å². The summed E-state index contributed by atoms with van der Waals surface area (Å²) in [6.45, 7) is 11.8. The number of nitrogens with zero attached hydrogens (tertiary/aromatic N) is 2. The zero-order chi connectivity index (χ0) is 34.1. The van der Waals surface area contributed by atoms with Gasteiger partial charge in [0, 0.05) is 6.20 Å². The number of aromatic nitrogens is 2. The minimum Gasteiger partial charge on any atom is -0.463 e. The molecule has 0 aliphatic carbocycles. The second-order valence-corrected chi connectivity index (χ2v) is 12.3. The van der Waals surface area contributed by atoms with Crippen molar-refractivity contribution in [3.63, 3.8) is 0 Å². The molecule has 12 heteroatoms. The van der Waals surface area contributed by atoms with E-state index in [-0.39, 0.29) is 36.1 Å². The van der Waals surface area contributed by atoms with Crippen molar-refractivity contribution < 1.29 is 38.5 Å². The predicted molar refractivity (Wildman–Crippen MR) is 173 cm³/mol. The Morgan fingerprint density at radius 1 is 0.804 bits per heavy atom. The third kappa shape index (κ3) is 11.4. The van der Waals surface area contributed by atoms with Crippen LogP contribution in [0, 0.1) is 17.8 Å². The molecule has 1 saturated heterocycles. The molecule has 1 fully saturated rings. The summed E-state index contributed by atoms with van der Waals surface area (Å²) in [5.74, 6) is -2.40. The first kappa shape index (κ1) is 39.2. The number of nitrogens with one attached hydrogen (secondary N) is 1. The first-order chi connectivity index (χ1) is 22.2. The van der Waals surface area contributed by atoms with Crippen molar-refractivity contribution in [3.05, 3.63) is 22.7 Å². The van der Waals surface area contributed by atoms with Crippen LogP contribution in [0.4, 0.5) is 5.82 Å². The highest BCUT2D eigenvalue weighted by Gasteiger charge is 2.52. The van der Waals surface area contributed by atoms with Gasteiger partial charge in [0.1, 0.15) is 12.7 Å². The second-order valence-electron chi connectivity index (χ2n) is 12.3. The molecule has 1 aliphatic heterocycles. The summed E-state index contributed by atoms with van der Waals surface area (Å²) in [4.78, 5) is 57.3. The summed E-state index contributed by atoms with van der Waals surface area (Å²) < 4.78 is 25.5. The molecule has 2 N–H and O–H groups in total. The summed E-state index contributed by atoms with van der Waals surface area (Å²) in [6.07, 6.45) is 6.31. The van der Waals surface area contributed by atoms with Crippen molar-refractivity contribution in [2.45, 2.75) is 150 Å². The van der Waals surface area contributed by atoms with Gasteiger partial charge in [0.25, 0.3) is 0 Å². The average molecular weight is 652 g/mol. The Bertz CT molecular complexity index is 1120. The molecular formula is C34H57N3O9. The van der Waals surface area contributed by atoms with Gasteiger partial charge in [0.05, 0.1) is 17.8 Å². The minimum atomic E-state index is -1.23. The Kier molecular flexibility index (Phi) is 17.9. The van der Waals surface area contributed by atoms with Gasteiger partial charge in [-0.05, 0) is 44.6 Å². The van der Waals surface area contributed by atoms with Crippen LogP contribution < -0.4 is 11.2 Å². The van der Waals surface area contributed by atoms with Gasteiger partial charge in [0.15, 0.2) is 24.3 Å². The number of unbranched alkanes of at least 4 members (excludes halogenated alkanes) is 1. The van der Waals surface area contributed by atoms with E-state index in [0.29, 0.717) is 38.5 Å². The topological polar surface area (TPSA) is 155 Å². The molecule has 0 saturated carbocycles. The Hall–Kier alpha value is -2.99. The Labute approximate surface area is 273 Å². The number of hydrogen-bond donors (Lipinski definition) is 2. The van der Waals surface area contributed by atoms with Crippen LogP contribution in [0.5, 0.6) is 0 Å². The second kappa shape index (κ2) is 21.0. The van der Waals surface area contributed by atoms with Gasteiger partial charge in [-0.3, -0.25) is 29.6 Å². The SMILES string of the molecule is CCCCC(CCC)C(=O)O[C@H]1[C@@H](OC(=O)C(CCC)CCC)[C@H](n2ccc(NO)nc2=O)O[C@@H]1COC(=O)C(CCC)CCC. The Morgan fingerprint density at radius 3 is 1.78 bits per heavy atom. The van der Waals surface area contributed by atoms with Crippen molar-refractivity contribution in [1.29, 1.82) is 0 Å². The van der Waals surface area contributed by atoms with Crippen LogP contribution in [0.2, 0.25) is 0 Å². The Morgan fingerprint density at radius 2 is 1.30 bits per heavy atom. The van der Waals surface area contributed by atoms with E-state index in [4.69, 9.17) is 18.9 Å². The molecule has 262 valence electrons. The third-order valence-corrected chi connectivity index (χ3v) is 8.49. The lowest BCUT2D eigenvalue weighted by molar-refractivity contribution is -0.175. The van der Waals surface area contributed by atoms with Crippen molar-refractivity contribution in [2.75, 3.05) is 12.1 Å². The van der Waals surface area contributed by atoms with Crippen LogP contribution in [0.1, 0.15) is 131 Å². The van der Waals surface area contributed by atoms with Crippen molar-refractivity contribution in [2.24, 2.45) is 17.8 Å². The summed E-state index contributed by atoms with van der Waals surface area (Å²) in [6, 6.07) is 1.36. The molecule has 0 radical (unpaired) electrons. The van der Waals surface area contributed by atoms with Crippen LogP contribution >= 0.6 is 0 Å². The fourth-order valence-corrected chi connectivity index (χ4v) is 6.08. The van der Waals surface area contributed by atoms with Crippen molar-refractivity contribution in [1.82, 2.24) is 9.55 Å². The summed E-state index contributed by atoms with van der Waals surface area (Å²) in [5.41, 5.74) is 1.06. The fraction of sp³-hybridized carbons (Fsp3) is 0.794. The van der Waals surface area contributed by atoms with Gasteiger partial charge in [-0.15, -0.1) is 0 Å². The maximum absolute atomic E-state index is 13.7. The molecule has 0 bridgehead atoms. The predicted octanol–water partition coefficient (Wildman–Crippen LogP) is 6.35. The number of rotatable bonds is 22. The largest absolute Gasteiger partial charge is 0.463 e. The molecule has 2 heterocycles. The number of anilines is 1. The van der Waals surface area contributed by atoms with Crippen molar-refractivity contribution >= 4 is 23.7 Å². The van der Waals surface area contributed by atoms with E-state index >= 15 is 0 Å². The number of carbonyl (C=O) groups is 3. The third-order valence-electron chi connectivity index (χ3n) is 8.49. The van der Waals surface area contributed by atoms with E-state index in [2.05, 4.69) is 11.9 Å². The maximum Gasteiger partial charge on any atom is 0.351 e. The average Bonchev–Trinajstić information content (AvgIpc) is 3.36. The normalized spacial score (nSPS) is 20.1. The quantitative estimate of drug-likeness (QED) is 0.0819. The lowest BCUT2D eigenvalue weighted by Gasteiger charge is -2.28. The van der Waals surface area contributed by atoms with E-state index in [1.807, 2.05) is 40.1 Å². The molecule has 12 nitrogen and oxygen atoms in total. The van der Waals surface area contributed by atoms with Crippen LogP contribution in [0.25, 0.3) is 0 Å². The summed E-state index contributed by atoms with van der Waals surface area (Å²) in [5, 5.41) is 9.27. The minimum absolute atomic E-state index is 0.0802. The van der Waals surface area contributed by atoms with E-state index in [9.17, 15) is 24.4 Å². The molecule has 1 aliphatic rings. The van der Waals surface area contributed by atoms with E-state index in [1.54, 1.807) is 0 Å². The van der Waals surface area contributed by atoms with E-state index in [1.165, 1.54) is 12.3 Å². The zero-order valence-corrected chi connectivity index (χ0v) is 28.7. The smallest absolute Gasteiger partial charge is 0.351 e. The number of esters is 3. The number of ether oxygens (including phenoxy) is 4. The van der Waals surface area contributed by atoms with Crippen LogP contribution in [-0.2, 0) is 33.3 Å². The molecule has 5 atom stereocenters. The molecule has 0 amide bonds. The molecule has 1 unspecified atom stereocenters. The van der Waals surface area contributed by atoms with Crippen LogP contribution in [0.15, 0.2) is 17.1 Å². The maximum atomic E-state index is 13.7. The van der Waals surface area contributed by atoms with Gasteiger partial charge in [-0.25, -0.2) is 4.79 Å². The first-order valence-corrected chi connectivity index (χ1v) is 17.4. The highest BCUT2D eigenvalue weighted by atomic mass is 16.7. The van der Waals surface area contributed by atoms with Crippen LogP contribution in [-0.4, -0.2) is 57.6 Å². The first-order valence-electron chi connectivity index (χ1n) is 17.4. The van der Waals surface area contributed by atoms with E-state index < -0.39 is 42.2 Å². The fourth-order valence-electron chi connectivity index (χ4n) is 6.08. The van der Waals surface area contributed by atoms with Crippen LogP contribution in [0.3, 0.4) is 0 Å². The number of carbonyl (C=O) groups excluding carboxylic acids is 3. The molecule has 1 aromatic rings. The highest BCUT2D eigenvalue weighted by molar-refractivity contribution is 5.74. The molecule has 0 aromatic carbocycles. The summed E-state index contributed by atoms with van der Waals surface area (Å²) >= 11 is 0. The van der Waals surface area contributed by atoms with Gasteiger partial charge >= 0.3 is 23.6 Å². The molecule has 2 rings (SSSR count). The van der Waals surface area contributed by atoms with Gasteiger partial charge < -0.3 is 18.9 Å². The highest BCUT2D eigenvalue weighted by Crippen LogP contribution is 2.36. The van der Waals surface area contributed by atoms with Crippen molar-refractivity contribution in [3.8, 4) is 0 Å². The Balaban J connectivity index is 2.56. The lowest BCUT2D eigenvalue weighted by atomic mass is 9.97. The molecular weight excluding hydrogens is 594 g/mol. The monoisotopic (exact) mass is 651 g/mol. The number of hydrogen-bond acceptors (Lipinski definition) is 11. The molecule has 1 aromatic heterocycles. The van der Waals surface area contributed by atoms with Gasteiger partial charge in [0.2, 0.25) is 0 Å². The summed E-state index contributed by atoms with van der Waals surface area (Å²) in [7, 11) is 0. The van der Waals surface area contributed by atoms with E-state index in [0.717, 1.165) is 49.5 Å². The zero-order valence-electron chi connectivity index (χ0n) is 28.7. The lowest BCUT2D eigenvalue weighted by Crippen LogP contribution is -2.44. The molecule has 46 heavy (non-hydrogen) atoms. The van der Waals surface area contributed by atoms with Gasteiger partial charge in [-0.1, -0.05) is 86.5 Å². The molecule has 0 spiro atoms.